The first-order valence-corrected chi connectivity index (χ1v) is 9.42. The Kier molecular flexibility index (Phi) is 4.18. The number of ether oxygens (including phenoxy) is 1. The molecule has 0 aliphatic carbocycles. The van der Waals surface area contributed by atoms with Crippen LogP contribution >= 0.6 is 11.3 Å². The molecule has 1 aromatic heterocycles. The molecule has 27 heavy (non-hydrogen) atoms. The predicted molar refractivity (Wildman–Crippen MR) is 96.3 cm³/mol. The highest BCUT2D eigenvalue weighted by atomic mass is 32.1. The summed E-state index contributed by atoms with van der Waals surface area (Å²) >= 11 is 1.33. The molecule has 2 aromatic rings. The topological polar surface area (TPSA) is 49.9 Å². The maximum absolute atomic E-state index is 15.4. The number of alkyl halides is 2. The predicted octanol–water partition coefficient (Wildman–Crippen LogP) is 2.67. The van der Waals surface area contributed by atoms with Crippen LogP contribution in [0.5, 0.6) is 5.75 Å². The molecule has 142 valence electrons. The number of hydrogen-bond acceptors (Lipinski definition) is 4. The number of hydrogen-bond donors (Lipinski definition) is 0. The van der Waals surface area contributed by atoms with E-state index in [1.54, 1.807) is 41.1 Å². The van der Waals surface area contributed by atoms with Gasteiger partial charge in [0.2, 0.25) is 5.67 Å². The minimum atomic E-state index is -2.71. The van der Waals surface area contributed by atoms with Gasteiger partial charge in [0, 0.05) is 11.9 Å². The van der Waals surface area contributed by atoms with Crippen LogP contribution in [-0.2, 0) is 11.3 Å². The van der Waals surface area contributed by atoms with Crippen molar-refractivity contribution < 1.29 is 23.1 Å². The minimum absolute atomic E-state index is 0.0891. The maximum atomic E-state index is 15.4. The summed E-state index contributed by atoms with van der Waals surface area (Å²) in [6, 6.07) is 8.61. The zero-order chi connectivity index (χ0) is 19.2. The van der Waals surface area contributed by atoms with Crippen molar-refractivity contribution in [3.8, 4) is 5.75 Å². The Morgan fingerprint density at radius 1 is 1.26 bits per heavy atom. The Morgan fingerprint density at radius 3 is 2.74 bits per heavy atom. The van der Waals surface area contributed by atoms with Crippen molar-refractivity contribution in [2.75, 3.05) is 26.7 Å². The second-order valence-corrected chi connectivity index (χ2v) is 7.73. The summed E-state index contributed by atoms with van der Waals surface area (Å²) in [4.78, 5) is 27.4. The molecule has 0 radical (unpaired) electrons. The van der Waals surface area contributed by atoms with E-state index in [1.165, 1.54) is 23.3 Å². The molecule has 5 nitrogen and oxygen atoms in total. The summed E-state index contributed by atoms with van der Waals surface area (Å²) in [5.41, 5.74) is -4.01. The normalized spacial score (nSPS) is 27.1. The molecule has 0 unspecified atom stereocenters. The van der Waals surface area contributed by atoms with Crippen molar-refractivity contribution in [3.05, 3.63) is 52.2 Å². The van der Waals surface area contributed by atoms with Crippen molar-refractivity contribution >= 4 is 23.2 Å². The number of halogens is 2. The number of rotatable bonds is 4. The van der Waals surface area contributed by atoms with Crippen LogP contribution in [0.15, 0.2) is 41.1 Å². The van der Waals surface area contributed by atoms with E-state index in [1.807, 2.05) is 0 Å². The Labute approximate surface area is 159 Å². The third-order valence-corrected chi connectivity index (χ3v) is 5.87. The Morgan fingerprint density at radius 2 is 2.07 bits per heavy atom. The first-order valence-electron chi connectivity index (χ1n) is 8.48. The molecule has 2 fully saturated rings. The number of likely N-dealkylation sites (tertiary alicyclic amines) is 2. The van der Waals surface area contributed by atoms with Gasteiger partial charge in [0.05, 0.1) is 32.3 Å². The summed E-state index contributed by atoms with van der Waals surface area (Å²) < 4.78 is 36.0. The maximum Gasteiger partial charge on any atom is 0.266 e. The average molecular weight is 392 g/mol. The number of carbonyl (C=O) groups is 2. The molecule has 2 aliphatic heterocycles. The van der Waals surface area contributed by atoms with Gasteiger partial charge < -0.3 is 14.5 Å². The first kappa shape index (κ1) is 17.9. The zero-order valence-electron chi connectivity index (χ0n) is 14.7. The number of methoxy groups -OCH3 is 1. The molecule has 0 bridgehead atoms. The number of nitrogens with zero attached hydrogens (tertiary/aromatic N) is 2. The van der Waals surface area contributed by atoms with Gasteiger partial charge in [-0.15, -0.1) is 0 Å². The number of benzene rings is 1. The third-order valence-electron chi connectivity index (χ3n) is 5.19. The second-order valence-electron chi connectivity index (χ2n) is 6.95. The lowest BCUT2D eigenvalue weighted by Crippen LogP contribution is -2.47. The van der Waals surface area contributed by atoms with Crippen LogP contribution in [0.1, 0.15) is 15.9 Å². The van der Waals surface area contributed by atoms with E-state index in [2.05, 4.69) is 0 Å². The van der Waals surface area contributed by atoms with Crippen molar-refractivity contribution in [1.82, 2.24) is 9.80 Å². The molecular formula is C19H18F2N2O3S. The molecule has 2 atom stereocenters. The van der Waals surface area contributed by atoms with Crippen molar-refractivity contribution in [1.29, 1.82) is 0 Å². The van der Waals surface area contributed by atoms with Gasteiger partial charge in [-0.05, 0) is 29.1 Å². The highest BCUT2D eigenvalue weighted by Gasteiger charge is 2.71. The van der Waals surface area contributed by atoms with Crippen molar-refractivity contribution in [2.24, 2.45) is 0 Å². The second kappa shape index (κ2) is 6.30. The van der Waals surface area contributed by atoms with Crippen LogP contribution in [0.3, 0.4) is 0 Å². The summed E-state index contributed by atoms with van der Waals surface area (Å²) in [6.07, 6.45) is 0. The molecule has 0 spiro atoms. The van der Waals surface area contributed by atoms with Crippen LogP contribution < -0.4 is 4.74 Å². The van der Waals surface area contributed by atoms with Gasteiger partial charge in [-0.1, -0.05) is 12.1 Å². The molecule has 2 aliphatic rings. The fraction of sp³-hybridized carbons (Fsp3) is 0.368. The molecule has 3 heterocycles. The third kappa shape index (κ3) is 2.79. The highest BCUT2D eigenvalue weighted by Crippen LogP contribution is 2.46. The Bertz CT molecular complexity index is 891. The number of fused-ring (bicyclic) bond motifs is 1. The standard InChI is InChI=1S/C19H18F2N2O3S/c1-26-15-4-2-3-13(7-15)8-22-10-18(20)11-23(12-19(18,21)17(22)25)16(24)14-5-6-27-9-14/h2-7,9H,8,10-12H2,1H3/t18-,19-/m1/s1. The SMILES string of the molecule is COc1cccc(CN2C[C@@]3(F)CN(C(=O)c4ccsc4)C[C@@]3(F)C2=O)c1. The van der Waals surface area contributed by atoms with Crippen LogP contribution in [-0.4, -0.2) is 59.7 Å². The van der Waals surface area contributed by atoms with E-state index in [0.29, 0.717) is 11.3 Å². The molecule has 0 N–H and O–H groups in total. The summed E-state index contributed by atoms with van der Waals surface area (Å²) in [5.74, 6) is -0.753. The molecule has 0 saturated carbocycles. The highest BCUT2D eigenvalue weighted by molar-refractivity contribution is 7.08. The van der Waals surface area contributed by atoms with Gasteiger partial charge in [0.25, 0.3) is 11.8 Å². The van der Waals surface area contributed by atoms with Gasteiger partial charge in [-0.3, -0.25) is 9.59 Å². The van der Waals surface area contributed by atoms with Gasteiger partial charge in [0.15, 0.2) is 5.67 Å². The first-order chi connectivity index (χ1) is 12.9. The molecule has 2 saturated heterocycles. The molecule has 8 heteroatoms. The van der Waals surface area contributed by atoms with Crippen LogP contribution in [0.4, 0.5) is 8.78 Å². The van der Waals surface area contributed by atoms with Gasteiger partial charge in [0.1, 0.15) is 5.75 Å². The fourth-order valence-corrected chi connectivity index (χ4v) is 4.41. The quantitative estimate of drug-likeness (QED) is 0.804. The lowest BCUT2D eigenvalue weighted by Gasteiger charge is -2.22. The summed E-state index contributed by atoms with van der Waals surface area (Å²) in [5, 5.41) is 3.35. The van der Waals surface area contributed by atoms with Crippen molar-refractivity contribution in [2.45, 2.75) is 17.9 Å². The van der Waals surface area contributed by atoms with E-state index < -0.39 is 36.2 Å². The van der Waals surface area contributed by atoms with Crippen LogP contribution in [0, 0.1) is 0 Å². The minimum Gasteiger partial charge on any atom is -0.497 e. The van der Waals surface area contributed by atoms with Crippen LogP contribution in [0.25, 0.3) is 0 Å². The number of carbonyl (C=O) groups excluding carboxylic acids is 2. The Hall–Kier alpha value is -2.48. The molecule has 4 rings (SSSR count). The van der Waals surface area contributed by atoms with Gasteiger partial charge in [-0.2, -0.15) is 11.3 Å². The zero-order valence-corrected chi connectivity index (χ0v) is 15.5. The molecule has 1 aromatic carbocycles. The molecular weight excluding hydrogens is 374 g/mol. The van der Waals surface area contributed by atoms with E-state index in [0.717, 1.165) is 10.5 Å². The smallest absolute Gasteiger partial charge is 0.266 e. The molecule has 2 amide bonds. The number of amides is 2. The lowest BCUT2D eigenvalue weighted by atomic mass is 9.93. The van der Waals surface area contributed by atoms with Crippen molar-refractivity contribution in [3.63, 3.8) is 0 Å². The Balaban J connectivity index is 1.53. The van der Waals surface area contributed by atoms with E-state index in [9.17, 15) is 9.59 Å². The van der Waals surface area contributed by atoms with E-state index in [-0.39, 0.29) is 13.1 Å². The fourth-order valence-electron chi connectivity index (χ4n) is 3.78. The summed E-state index contributed by atoms with van der Waals surface area (Å²) in [6.45, 7) is -1.29. The van der Waals surface area contributed by atoms with Gasteiger partial charge in [-0.25, -0.2) is 8.78 Å². The van der Waals surface area contributed by atoms with Crippen LogP contribution in [0.2, 0.25) is 0 Å². The lowest BCUT2D eigenvalue weighted by molar-refractivity contribution is -0.139. The summed E-state index contributed by atoms with van der Waals surface area (Å²) in [7, 11) is 1.52. The largest absolute Gasteiger partial charge is 0.497 e. The average Bonchev–Trinajstić information content (AvgIpc) is 3.31. The van der Waals surface area contributed by atoms with E-state index in [4.69, 9.17) is 4.74 Å². The number of thiophene rings is 1. The van der Waals surface area contributed by atoms with Gasteiger partial charge >= 0.3 is 0 Å². The monoisotopic (exact) mass is 392 g/mol. The van der Waals surface area contributed by atoms with E-state index >= 15 is 8.78 Å².